The first-order valence-corrected chi connectivity index (χ1v) is 4.89. The van der Waals surface area contributed by atoms with E-state index in [0.717, 1.165) is 12.1 Å². The second-order valence-corrected chi connectivity index (χ2v) is 3.46. The Hall–Kier alpha value is -1.29. The van der Waals surface area contributed by atoms with Crippen LogP contribution in [0.25, 0.3) is 0 Å². The standard InChI is InChI=1S/C10H11ClFNO2/c1-13(5-4-11)10(15)8-3-2-7(12)6-9(8)14/h2-3,6,14H,4-5H2,1H3. The van der Waals surface area contributed by atoms with E-state index >= 15 is 0 Å². The highest BCUT2D eigenvalue weighted by molar-refractivity contribution is 6.18. The van der Waals surface area contributed by atoms with Crippen molar-refractivity contribution in [2.24, 2.45) is 0 Å². The van der Waals surface area contributed by atoms with Gasteiger partial charge in [0.15, 0.2) is 0 Å². The molecule has 0 aliphatic heterocycles. The van der Waals surface area contributed by atoms with Crippen LogP contribution in [0.4, 0.5) is 4.39 Å². The predicted molar refractivity (Wildman–Crippen MR) is 55.7 cm³/mol. The van der Waals surface area contributed by atoms with Gasteiger partial charge in [-0.1, -0.05) is 0 Å². The van der Waals surface area contributed by atoms with Gasteiger partial charge in [0.1, 0.15) is 11.6 Å². The van der Waals surface area contributed by atoms with Crippen LogP contribution in [0, 0.1) is 5.82 Å². The molecule has 0 unspecified atom stereocenters. The Bertz CT molecular complexity index is 370. The van der Waals surface area contributed by atoms with Gasteiger partial charge in [-0.3, -0.25) is 4.79 Å². The fourth-order valence-corrected chi connectivity index (χ4v) is 1.37. The molecule has 0 aliphatic carbocycles. The first-order chi connectivity index (χ1) is 7.06. The average Bonchev–Trinajstić information content (AvgIpc) is 2.17. The first-order valence-electron chi connectivity index (χ1n) is 4.36. The van der Waals surface area contributed by atoms with Crippen molar-refractivity contribution in [3.63, 3.8) is 0 Å². The molecule has 0 saturated heterocycles. The van der Waals surface area contributed by atoms with E-state index in [2.05, 4.69) is 0 Å². The van der Waals surface area contributed by atoms with Gasteiger partial charge in [-0.2, -0.15) is 0 Å². The van der Waals surface area contributed by atoms with Crippen molar-refractivity contribution in [2.45, 2.75) is 0 Å². The molecular formula is C10H11ClFNO2. The number of hydrogen-bond donors (Lipinski definition) is 1. The number of halogens is 2. The quantitative estimate of drug-likeness (QED) is 0.807. The molecule has 0 radical (unpaired) electrons. The van der Waals surface area contributed by atoms with Gasteiger partial charge < -0.3 is 10.0 Å². The highest BCUT2D eigenvalue weighted by Crippen LogP contribution is 2.19. The van der Waals surface area contributed by atoms with Crippen molar-refractivity contribution >= 4 is 17.5 Å². The Balaban J connectivity index is 2.91. The fourth-order valence-electron chi connectivity index (χ4n) is 1.12. The molecule has 0 fully saturated rings. The van der Waals surface area contributed by atoms with Gasteiger partial charge in [-0.05, 0) is 12.1 Å². The Labute approximate surface area is 92.1 Å². The third-order valence-corrected chi connectivity index (χ3v) is 2.13. The third-order valence-electron chi connectivity index (χ3n) is 1.96. The van der Waals surface area contributed by atoms with Gasteiger partial charge in [-0.15, -0.1) is 11.6 Å². The SMILES string of the molecule is CN(CCCl)C(=O)c1ccc(F)cc1O. The summed E-state index contributed by atoms with van der Waals surface area (Å²) in [6.07, 6.45) is 0. The largest absolute Gasteiger partial charge is 0.507 e. The summed E-state index contributed by atoms with van der Waals surface area (Å²) in [5.41, 5.74) is 0.0732. The van der Waals surface area contributed by atoms with Gasteiger partial charge in [0.2, 0.25) is 0 Å². The number of aromatic hydroxyl groups is 1. The van der Waals surface area contributed by atoms with Crippen LogP contribution in [0.1, 0.15) is 10.4 Å². The molecule has 3 nitrogen and oxygen atoms in total. The second-order valence-electron chi connectivity index (χ2n) is 3.08. The minimum absolute atomic E-state index is 0.0732. The lowest BCUT2D eigenvalue weighted by Gasteiger charge is -2.16. The molecule has 1 N–H and O–H groups in total. The summed E-state index contributed by atoms with van der Waals surface area (Å²) in [7, 11) is 1.56. The minimum Gasteiger partial charge on any atom is -0.507 e. The normalized spacial score (nSPS) is 10.1. The molecule has 82 valence electrons. The number of phenolic OH excluding ortho intramolecular Hbond substituents is 1. The smallest absolute Gasteiger partial charge is 0.257 e. The topological polar surface area (TPSA) is 40.5 Å². The number of nitrogens with zero attached hydrogens (tertiary/aromatic N) is 1. The van der Waals surface area contributed by atoms with Gasteiger partial charge in [0, 0.05) is 25.5 Å². The Morgan fingerprint density at radius 2 is 2.27 bits per heavy atom. The van der Waals surface area contributed by atoms with E-state index in [1.165, 1.54) is 11.0 Å². The molecule has 15 heavy (non-hydrogen) atoms. The van der Waals surface area contributed by atoms with Crippen LogP contribution in [-0.2, 0) is 0 Å². The van der Waals surface area contributed by atoms with Crippen LogP contribution in [0.15, 0.2) is 18.2 Å². The van der Waals surface area contributed by atoms with Gasteiger partial charge in [0.05, 0.1) is 5.56 Å². The monoisotopic (exact) mass is 231 g/mol. The van der Waals surface area contributed by atoms with E-state index in [9.17, 15) is 14.3 Å². The van der Waals surface area contributed by atoms with Crippen molar-refractivity contribution in [3.05, 3.63) is 29.6 Å². The van der Waals surface area contributed by atoms with E-state index in [4.69, 9.17) is 11.6 Å². The van der Waals surface area contributed by atoms with E-state index in [1.807, 2.05) is 0 Å². The summed E-state index contributed by atoms with van der Waals surface area (Å²) < 4.78 is 12.7. The first kappa shape index (κ1) is 11.8. The average molecular weight is 232 g/mol. The molecule has 0 aromatic heterocycles. The van der Waals surface area contributed by atoms with Crippen LogP contribution in [0.5, 0.6) is 5.75 Å². The van der Waals surface area contributed by atoms with E-state index in [1.54, 1.807) is 7.05 Å². The van der Waals surface area contributed by atoms with Crippen LogP contribution < -0.4 is 0 Å². The molecule has 5 heteroatoms. The van der Waals surface area contributed by atoms with Crippen LogP contribution in [-0.4, -0.2) is 35.4 Å². The molecule has 1 rings (SSSR count). The summed E-state index contributed by atoms with van der Waals surface area (Å²) in [6.45, 7) is 0.372. The Morgan fingerprint density at radius 1 is 1.60 bits per heavy atom. The van der Waals surface area contributed by atoms with E-state index in [-0.39, 0.29) is 17.2 Å². The van der Waals surface area contributed by atoms with Crippen molar-refractivity contribution in [1.82, 2.24) is 4.90 Å². The third kappa shape index (κ3) is 2.83. The summed E-state index contributed by atoms with van der Waals surface area (Å²) in [4.78, 5) is 13.0. The molecule has 1 aromatic carbocycles. The molecule has 0 aliphatic rings. The number of rotatable bonds is 3. The zero-order chi connectivity index (χ0) is 11.4. The zero-order valence-corrected chi connectivity index (χ0v) is 8.96. The number of alkyl halides is 1. The molecule has 0 spiro atoms. The number of benzene rings is 1. The van der Waals surface area contributed by atoms with Crippen LogP contribution >= 0.6 is 11.6 Å². The molecule has 1 aromatic rings. The van der Waals surface area contributed by atoms with Gasteiger partial charge in [-0.25, -0.2) is 4.39 Å². The van der Waals surface area contributed by atoms with Crippen molar-refractivity contribution < 1.29 is 14.3 Å². The number of amides is 1. The zero-order valence-electron chi connectivity index (χ0n) is 8.20. The Morgan fingerprint density at radius 3 is 2.80 bits per heavy atom. The summed E-state index contributed by atoms with van der Waals surface area (Å²) in [5, 5.41) is 9.36. The van der Waals surface area contributed by atoms with E-state index in [0.29, 0.717) is 12.4 Å². The van der Waals surface area contributed by atoms with Crippen LogP contribution in [0.3, 0.4) is 0 Å². The lowest BCUT2D eigenvalue weighted by Crippen LogP contribution is -2.28. The van der Waals surface area contributed by atoms with Crippen molar-refractivity contribution in [3.8, 4) is 5.75 Å². The maximum Gasteiger partial charge on any atom is 0.257 e. The second kappa shape index (κ2) is 4.98. The lowest BCUT2D eigenvalue weighted by atomic mass is 10.1. The maximum atomic E-state index is 12.7. The van der Waals surface area contributed by atoms with Crippen molar-refractivity contribution in [1.29, 1.82) is 0 Å². The summed E-state index contributed by atoms with van der Waals surface area (Å²) in [6, 6.07) is 3.28. The highest BCUT2D eigenvalue weighted by Gasteiger charge is 2.15. The molecular weight excluding hydrogens is 221 g/mol. The van der Waals surface area contributed by atoms with Crippen LogP contribution in [0.2, 0.25) is 0 Å². The predicted octanol–water partition coefficient (Wildman–Crippen LogP) is 1.84. The molecule has 0 saturated carbocycles. The number of carbonyl (C=O) groups is 1. The number of phenols is 1. The fraction of sp³-hybridized carbons (Fsp3) is 0.300. The van der Waals surface area contributed by atoms with E-state index < -0.39 is 5.82 Å². The summed E-state index contributed by atoms with van der Waals surface area (Å²) >= 11 is 5.48. The maximum absolute atomic E-state index is 12.7. The van der Waals surface area contributed by atoms with Gasteiger partial charge in [0.25, 0.3) is 5.91 Å². The number of hydrogen-bond acceptors (Lipinski definition) is 2. The molecule has 1 amide bonds. The van der Waals surface area contributed by atoms with Crippen molar-refractivity contribution in [2.75, 3.05) is 19.5 Å². The number of carbonyl (C=O) groups excluding carboxylic acids is 1. The molecule has 0 heterocycles. The van der Waals surface area contributed by atoms with Gasteiger partial charge >= 0.3 is 0 Å². The Kier molecular flexibility index (Phi) is 3.91. The highest BCUT2D eigenvalue weighted by atomic mass is 35.5. The molecule has 0 bridgehead atoms. The minimum atomic E-state index is -0.580. The lowest BCUT2D eigenvalue weighted by molar-refractivity contribution is 0.0800. The summed E-state index contributed by atoms with van der Waals surface area (Å²) in [5.74, 6) is -1.01. The molecule has 0 atom stereocenters.